The Hall–Kier alpha value is -2.91. The first-order valence-corrected chi connectivity index (χ1v) is 11.8. The van der Waals surface area contributed by atoms with Gasteiger partial charge in [0.05, 0.1) is 16.8 Å². The maximum absolute atomic E-state index is 13.2. The normalized spacial score (nSPS) is 15.8. The van der Waals surface area contributed by atoms with Crippen LogP contribution < -0.4 is 11.0 Å². The highest BCUT2D eigenvalue weighted by Crippen LogP contribution is 2.23. The lowest BCUT2D eigenvalue weighted by Crippen LogP contribution is -2.39. The molecule has 2 aromatic carbocycles. The molecule has 2 heterocycles. The maximum Gasteiger partial charge on any atom is 0.281 e. The summed E-state index contributed by atoms with van der Waals surface area (Å²) in [4.78, 5) is 44.9. The molecule has 1 atom stereocenters. The van der Waals surface area contributed by atoms with E-state index in [-0.39, 0.29) is 23.8 Å². The number of hydrogen-bond donors (Lipinski definition) is 1. The van der Waals surface area contributed by atoms with Crippen molar-refractivity contribution in [1.29, 1.82) is 0 Å². The predicted molar refractivity (Wildman–Crippen MR) is 129 cm³/mol. The van der Waals surface area contributed by atoms with Crippen LogP contribution in [0.5, 0.6) is 0 Å². The number of carbonyl (C=O) groups is 2. The van der Waals surface area contributed by atoms with Crippen LogP contribution in [0, 0.1) is 5.92 Å². The molecule has 1 aliphatic heterocycles. The van der Waals surface area contributed by atoms with Crippen LogP contribution in [0.4, 0.5) is 0 Å². The van der Waals surface area contributed by atoms with Crippen molar-refractivity contribution in [3.8, 4) is 0 Å². The third-order valence-corrected chi connectivity index (χ3v) is 6.58. The fourth-order valence-corrected chi connectivity index (χ4v) is 4.62. The number of hydrogen-bond acceptors (Lipinski definition) is 5. The van der Waals surface area contributed by atoms with E-state index in [2.05, 4.69) is 32.9 Å². The molecule has 1 unspecified atom stereocenters. The first-order valence-electron chi connectivity index (χ1n) is 10.0. The van der Waals surface area contributed by atoms with Gasteiger partial charge in [-0.1, -0.05) is 64.1 Å². The van der Waals surface area contributed by atoms with Crippen LogP contribution in [0.3, 0.4) is 0 Å². The summed E-state index contributed by atoms with van der Waals surface area (Å²) >= 11 is 4.67. The van der Waals surface area contributed by atoms with Gasteiger partial charge >= 0.3 is 0 Å². The molecule has 1 aliphatic rings. The second kappa shape index (κ2) is 9.70. The summed E-state index contributed by atoms with van der Waals surface area (Å²) < 4.78 is 1.92. The lowest BCUT2D eigenvalue weighted by atomic mass is 10.1. The van der Waals surface area contributed by atoms with E-state index < -0.39 is 5.92 Å². The lowest BCUT2D eigenvalue weighted by Gasteiger charge is -2.18. The summed E-state index contributed by atoms with van der Waals surface area (Å²) in [5.41, 5.74) is 3.87. The number of rotatable bonds is 7. The Kier molecular flexibility index (Phi) is 6.76. The van der Waals surface area contributed by atoms with E-state index in [0.29, 0.717) is 34.9 Å². The molecule has 0 aliphatic carbocycles. The number of carbonyl (C=O) groups excluding carboxylic acids is 2. The molecule has 7 nitrogen and oxygen atoms in total. The van der Waals surface area contributed by atoms with E-state index in [9.17, 15) is 14.4 Å². The van der Waals surface area contributed by atoms with E-state index in [1.54, 1.807) is 23.1 Å². The van der Waals surface area contributed by atoms with Gasteiger partial charge < -0.3 is 4.90 Å². The first-order chi connectivity index (χ1) is 15.5. The zero-order chi connectivity index (χ0) is 22.7. The second-order valence-electron chi connectivity index (χ2n) is 7.43. The number of benzene rings is 2. The van der Waals surface area contributed by atoms with Crippen LogP contribution in [0.2, 0.25) is 0 Å². The van der Waals surface area contributed by atoms with Crippen molar-refractivity contribution >= 4 is 50.4 Å². The van der Waals surface area contributed by atoms with E-state index in [1.165, 1.54) is 16.4 Å². The fourth-order valence-electron chi connectivity index (χ4n) is 3.57. The van der Waals surface area contributed by atoms with Gasteiger partial charge in [-0.3, -0.25) is 19.8 Å². The number of nitrogens with one attached hydrogen (secondary N) is 1. The zero-order valence-corrected chi connectivity index (χ0v) is 19.6. The Bertz CT molecular complexity index is 1250. The molecule has 0 spiro atoms. The highest BCUT2D eigenvalue weighted by molar-refractivity contribution is 9.10. The van der Waals surface area contributed by atoms with E-state index in [4.69, 9.17) is 0 Å². The molecule has 1 N–H and O–H groups in total. The summed E-state index contributed by atoms with van der Waals surface area (Å²) in [6.07, 6.45) is 1.81. The summed E-state index contributed by atoms with van der Waals surface area (Å²) in [7, 11) is 0. The van der Waals surface area contributed by atoms with Crippen molar-refractivity contribution in [3.63, 3.8) is 0 Å². The molecule has 32 heavy (non-hydrogen) atoms. The van der Waals surface area contributed by atoms with Gasteiger partial charge in [0.25, 0.3) is 5.56 Å². The molecule has 1 saturated heterocycles. The average Bonchev–Trinajstić information content (AvgIpc) is 3.16. The predicted octanol–water partition coefficient (Wildman–Crippen LogP) is 3.56. The standard InChI is InChI=1S/C23H21BrN4O3S/c1-2-10-32-23-25-19-9-8-17(24)12-18(19)22(31)28(23)26-21(30)16-11-20(29)27(14-16)13-15-6-4-3-5-7-15/h2-9,12,16H,1,10-11,13-14H2,(H,26,30). The van der Waals surface area contributed by atoms with Crippen LogP contribution in [0.1, 0.15) is 12.0 Å². The van der Waals surface area contributed by atoms with Gasteiger partial charge in [-0.2, -0.15) is 4.68 Å². The minimum atomic E-state index is -0.548. The van der Waals surface area contributed by atoms with Gasteiger partial charge in [0.15, 0.2) is 5.16 Å². The van der Waals surface area contributed by atoms with Gasteiger partial charge in [-0.05, 0) is 23.8 Å². The minimum Gasteiger partial charge on any atom is -0.338 e. The number of thioether (sulfide) groups is 1. The molecule has 9 heteroatoms. The number of amides is 2. The minimum absolute atomic E-state index is 0.0804. The Morgan fingerprint density at radius 3 is 2.78 bits per heavy atom. The van der Waals surface area contributed by atoms with Gasteiger partial charge in [-0.25, -0.2) is 4.98 Å². The highest BCUT2D eigenvalue weighted by Gasteiger charge is 2.34. The largest absolute Gasteiger partial charge is 0.338 e. The first kappa shape index (κ1) is 22.3. The smallest absolute Gasteiger partial charge is 0.281 e. The van der Waals surface area contributed by atoms with Crippen molar-refractivity contribution < 1.29 is 9.59 Å². The van der Waals surface area contributed by atoms with Crippen molar-refractivity contribution in [1.82, 2.24) is 14.6 Å². The molecule has 2 amide bonds. The van der Waals surface area contributed by atoms with Crippen molar-refractivity contribution in [2.75, 3.05) is 17.7 Å². The average molecular weight is 513 g/mol. The van der Waals surface area contributed by atoms with Gasteiger partial charge in [0, 0.05) is 29.7 Å². The highest BCUT2D eigenvalue weighted by atomic mass is 79.9. The molecule has 1 aromatic heterocycles. The number of likely N-dealkylation sites (tertiary alicyclic amines) is 1. The SMILES string of the molecule is C=CCSc1nc2ccc(Br)cc2c(=O)n1NC(=O)C1CC(=O)N(Cc2ccccc2)C1. The Balaban J connectivity index is 1.57. The maximum atomic E-state index is 13.2. The third kappa shape index (κ3) is 4.78. The van der Waals surface area contributed by atoms with Crippen LogP contribution in [-0.2, 0) is 16.1 Å². The van der Waals surface area contributed by atoms with Gasteiger partial charge in [0.2, 0.25) is 11.8 Å². The molecule has 0 radical (unpaired) electrons. The van der Waals surface area contributed by atoms with E-state index in [1.807, 2.05) is 36.4 Å². The number of aromatic nitrogens is 2. The molecule has 0 bridgehead atoms. The molecule has 4 rings (SSSR count). The van der Waals surface area contributed by atoms with Crippen LogP contribution in [0.15, 0.2) is 75.6 Å². The van der Waals surface area contributed by atoms with Crippen LogP contribution >= 0.6 is 27.7 Å². The summed E-state index contributed by atoms with van der Waals surface area (Å²) in [6, 6.07) is 14.9. The van der Waals surface area contributed by atoms with Gasteiger partial charge in [0.1, 0.15) is 0 Å². The molecule has 1 fully saturated rings. The van der Waals surface area contributed by atoms with Crippen molar-refractivity contribution in [2.45, 2.75) is 18.1 Å². The van der Waals surface area contributed by atoms with Crippen molar-refractivity contribution in [2.24, 2.45) is 5.92 Å². The Morgan fingerprint density at radius 2 is 2.03 bits per heavy atom. The van der Waals surface area contributed by atoms with E-state index >= 15 is 0 Å². The monoisotopic (exact) mass is 512 g/mol. The molecule has 3 aromatic rings. The fraction of sp³-hybridized carbons (Fsp3) is 0.217. The molecular weight excluding hydrogens is 492 g/mol. The summed E-state index contributed by atoms with van der Waals surface area (Å²) in [5.74, 6) is -0.485. The number of fused-ring (bicyclic) bond motifs is 1. The molecule has 0 saturated carbocycles. The molecule has 164 valence electrons. The quantitative estimate of drug-likeness (QED) is 0.297. The van der Waals surface area contributed by atoms with Crippen molar-refractivity contribution in [3.05, 3.63) is 81.6 Å². The van der Waals surface area contributed by atoms with Crippen LogP contribution in [-0.4, -0.2) is 38.7 Å². The molecular formula is C23H21BrN4O3S. The van der Waals surface area contributed by atoms with Gasteiger partial charge in [-0.15, -0.1) is 6.58 Å². The Morgan fingerprint density at radius 1 is 1.25 bits per heavy atom. The third-order valence-electron chi connectivity index (χ3n) is 5.15. The Labute approximate surface area is 197 Å². The summed E-state index contributed by atoms with van der Waals surface area (Å²) in [5, 5.41) is 0.749. The summed E-state index contributed by atoms with van der Waals surface area (Å²) in [6.45, 7) is 4.46. The zero-order valence-electron chi connectivity index (χ0n) is 17.2. The van der Waals surface area contributed by atoms with Crippen LogP contribution in [0.25, 0.3) is 10.9 Å². The topological polar surface area (TPSA) is 84.3 Å². The second-order valence-corrected chi connectivity index (χ2v) is 9.34. The number of nitrogens with zero attached hydrogens (tertiary/aromatic N) is 3. The van der Waals surface area contributed by atoms with E-state index in [0.717, 1.165) is 10.0 Å². The number of halogens is 1. The lowest BCUT2D eigenvalue weighted by molar-refractivity contribution is -0.128.